The largest absolute Gasteiger partial charge is 0.270 e. The van der Waals surface area contributed by atoms with Gasteiger partial charge in [0.1, 0.15) is 0 Å². The number of hydrogen-bond donors (Lipinski definition) is 0. The molecule has 0 aromatic heterocycles. The molecular weight excluding hydrogens is 128 g/mol. The van der Waals surface area contributed by atoms with Gasteiger partial charge in [0.2, 0.25) is 0 Å². The van der Waals surface area contributed by atoms with E-state index in [-0.39, 0.29) is 6.08 Å². The van der Waals surface area contributed by atoms with E-state index in [1.165, 1.54) is 0 Å². The third-order valence-electron chi connectivity index (χ3n) is 0.252. The average Bonchev–Trinajstić information content (AvgIpc) is 1.27. The number of hydrogen-bond acceptors (Lipinski definition) is 0. The Kier molecular flexibility index (Phi) is 2.83. The highest BCUT2D eigenvalue weighted by molar-refractivity contribution is 6.20. The Bertz CT molecular complexity index is 74.2. The van der Waals surface area contributed by atoms with E-state index in [1.807, 2.05) is 0 Å². The van der Waals surface area contributed by atoms with E-state index in [4.69, 9.17) is 0 Å². The second kappa shape index (κ2) is 2.91. The molecule has 0 fully saturated rings. The fourth-order valence-electron chi connectivity index (χ4n) is 0.0952. The maximum Gasteiger partial charge on any atom is 0.270 e. The van der Waals surface area contributed by atoms with Crippen LogP contribution in [0.5, 0.6) is 0 Å². The van der Waals surface area contributed by atoms with Crippen molar-refractivity contribution in [3.8, 4) is 0 Å². The van der Waals surface area contributed by atoms with Gasteiger partial charge in [-0.2, -0.15) is 8.78 Å². The zero-order chi connectivity index (χ0) is 5.86. The van der Waals surface area contributed by atoms with Crippen LogP contribution in [0.15, 0.2) is 12.2 Å². The molecule has 0 bridgehead atoms. The summed E-state index contributed by atoms with van der Waals surface area (Å²) < 4.78 is 32.8. The third kappa shape index (κ3) is 5.82. The Labute approximate surface area is 43.6 Å². The highest BCUT2D eigenvalue weighted by Gasteiger charge is 1.95. The molecule has 7 heavy (non-hydrogen) atoms. The number of alkyl halides is 2. The minimum atomic E-state index is -2.09. The first-order valence-corrected chi connectivity index (χ1v) is 1.87. The molecule has 0 aromatic rings. The Morgan fingerprint density at radius 3 is 2.00 bits per heavy atom. The van der Waals surface area contributed by atoms with Crippen molar-refractivity contribution in [2.24, 2.45) is 0 Å². The van der Waals surface area contributed by atoms with Crippen molar-refractivity contribution in [3.63, 3.8) is 0 Å². The maximum absolute atomic E-state index is 11.2. The highest BCUT2D eigenvalue weighted by atomic mass is 35.5. The van der Waals surface area contributed by atoms with Gasteiger partial charge in [-0.05, 0) is 0 Å². The van der Waals surface area contributed by atoms with Crippen LogP contribution >= 0.6 is 11.6 Å². The summed E-state index contributed by atoms with van der Waals surface area (Å²) in [5.41, 5.74) is -2.06. The molecule has 1 atom stereocenters. The van der Waals surface area contributed by atoms with Crippen LogP contribution in [0.25, 0.3) is 0 Å². The van der Waals surface area contributed by atoms with E-state index in [9.17, 15) is 13.2 Å². The van der Waals surface area contributed by atoms with Crippen LogP contribution < -0.4 is 0 Å². The summed E-state index contributed by atoms with van der Waals surface area (Å²) in [6.45, 7) is 0. The minimum absolute atomic E-state index is 0.0154. The van der Waals surface area contributed by atoms with Gasteiger partial charge in [-0.1, -0.05) is 11.6 Å². The van der Waals surface area contributed by atoms with E-state index in [1.54, 1.807) is 0 Å². The molecule has 42 valence electrons. The molecule has 0 N–H and O–H groups in total. The summed E-state index contributed by atoms with van der Waals surface area (Å²) in [6, 6.07) is 0. The lowest BCUT2D eigenvalue weighted by molar-refractivity contribution is 0.402. The van der Waals surface area contributed by atoms with Gasteiger partial charge in [-0.15, -0.1) is 0 Å². The maximum atomic E-state index is 11.2. The lowest BCUT2D eigenvalue weighted by Gasteiger charge is -1.81. The van der Waals surface area contributed by atoms with Crippen LogP contribution in [0.4, 0.5) is 13.2 Å². The zero-order valence-corrected chi connectivity index (χ0v) is 3.92. The molecule has 0 aromatic carbocycles. The van der Waals surface area contributed by atoms with Crippen LogP contribution in [0.2, 0.25) is 0 Å². The summed E-state index contributed by atoms with van der Waals surface area (Å²) in [5.74, 6) is 0. The van der Waals surface area contributed by atoms with E-state index < -0.39 is 11.7 Å². The van der Waals surface area contributed by atoms with Gasteiger partial charge in [0.05, 0.1) is 0 Å². The third-order valence-corrected chi connectivity index (χ3v) is 0.378. The van der Waals surface area contributed by atoms with E-state index in [2.05, 4.69) is 11.6 Å². The predicted octanol–water partition coefficient (Wildman–Crippen LogP) is 2.30. The molecule has 4 heteroatoms. The molecule has 0 heterocycles. The van der Waals surface area contributed by atoms with Gasteiger partial charge in [0.25, 0.3) is 6.08 Å². The molecule has 0 radical (unpaired) electrons. The van der Waals surface area contributed by atoms with Crippen molar-refractivity contribution in [3.05, 3.63) is 12.2 Å². The Morgan fingerprint density at radius 2 is 2.00 bits per heavy atom. The fraction of sp³-hybridized carbons (Fsp3) is 0.333. The van der Waals surface area contributed by atoms with Gasteiger partial charge in [0, 0.05) is 6.08 Å². The van der Waals surface area contributed by atoms with Crippen molar-refractivity contribution in [1.29, 1.82) is 0 Å². The number of allylic oxidation sites excluding steroid dienone is 1. The molecule has 0 aliphatic carbocycles. The van der Waals surface area contributed by atoms with Gasteiger partial charge in [0.15, 0.2) is 5.63 Å². The molecule has 0 aliphatic heterocycles. The highest BCUT2D eigenvalue weighted by Crippen LogP contribution is 2.05. The summed E-state index contributed by atoms with van der Waals surface area (Å²) in [7, 11) is 0. The predicted molar refractivity (Wildman–Crippen MR) is 21.0 cm³/mol. The van der Waals surface area contributed by atoms with Crippen LogP contribution in [0.3, 0.4) is 0 Å². The molecule has 0 aliphatic rings. The Hall–Kier alpha value is -0.180. The molecule has 0 saturated heterocycles. The first kappa shape index (κ1) is 6.82. The summed E-state index contributed by atoms with van der Waals surface area (Å²) in [4.78, 5) is 0. The molecule has 0 amide bonds. The van der Waals surface area contributed by atoms with Crippen LogP contribution in [-0.2, 0) is 0 Å². The van der Waals surface area contributed by atoms with Crippen molar-refractivity contribution < 1.29 is 13.2 Å². The van der Waals surface area contributed by atoms with Crippen LogP contribution in [0, 0.1) is 0 Å². The fourth-order valence-corrected chi connectivity index (χ4v) is 0.190. The lowest BCUT2D eigenvalue weighted by atomic mass is 10.7. The zero-order valence-electron chi connectivity index (χ0n) is 3.17. The standard InChI is InChI=1S/C3H2ClF3/c4-2(5)1-3(6)7/h1-2H. The Balaban J connectivity index is 3.45. The monoisotopic (exact) mass is 130 g/mol. The quantitative estimate of drug-likeness (QED) is 0.478. The minimum Gasteiger partial charge on any atom is -0.225 e. The number of halogens is 4. The van der Waals surface area contributed by atoms with Crippen LogP contribution in [-0.4, -0.2) is 5.63 Å². The summed E-state index contributed by atoms with van der Waals surface area (Å²) >= 11 is 4.45. The second-order valence-corrected chi connectivity index (χ2v) is 1.21. The van der Waals surface area contributed by atoms with Crippen molar-refractivity contribution in [2.75, 3.05) is 0 Å². The van der Waals surface area contributed by atoms with Crippen molar-refractivity contribution in [2.45, 2.75) is 5.63 Å². The molecule has 0 nitrogen and oxygen atoms in total. The number of rotatable bonds is 1. The summed E-state index contributed by atoms with van der Waals surface area (Å²) in [5, 5.41) is 0. The first-order valence-electron chi connectivity index (χ1n) is 1.44. The van der Waals surface area contributed by atoms with E-state index in [0.29, 0.717) is 0 Å². The molecule has 0 saturated carbocycles. The van der Waals surface area contributed by atoms with Crippen LogP contribution in [0.1, 0.15) is 0 Å². The van der Waals surface area contributed by atoms with Gasteiger partial charge >= 0.3 is 0 Å². The molecule has 1 unspecified atom stereocenters. The molecule has 0 spiro atoms. The van der Waals surface area contributed by atoms with Gasteiger partial charge < -0.3 is 0 Å². The lowest BCUT2D eigenvalue weighted by Crippen LogP contribution is -1.77. The molecular formula is C3H2ClF3. The normalized spacial score (nSPS) is 13.1. The SMILES string of the molecule is FC(F)=CC(F)Cl. The topological polar surface area (TPSA) is 0 Å². The Morgan fingerprint density at radius 1 is 1.57 bits per heavy atom. The van der Waals surface area contributed by atoms with Gasteiger partial charge in [-0.25, -0.2) is 4.39 Å². The average molecular weight is 130 g/mol. The van der Waals surface area contributed by atoms with Crippen molar-refractivity contribution >= 4 is 11.6 Å². The first-order chi connectivity index (χ1) is 3.13. The van der Waals surface area contributed by atoms with Gasteiger partial charge in [-0.3, -0.25) is 0 Å². The smallest absolute Gasteiger partial charge is 0.225 e. The molecule has 0 rings (SSSR count). The second-order valence-electron chi connectivity index (χ2n) is 0.791. The summed E-state index contributed by atoms with van der Waals surface area (Å²) in [6.07, 6.45) is -2.08. The van der Waals surface area contributed by atoms with E-state index >= 15 is 0 Å². The van der Waals surface area contributed by atoms with E-state index in [0.717, 1.165) is 0 Å². The van der Waals surface area contributed by atoms with Crippen molar-refractivity contribution in [1.82, 2.24) is 0 Å².